The Kier molecular flexibility index (Phi) is 22.9. The van der Waals surface area contributed by atoms with E-state index in [0.717, 1.165) is 34.0 Å². The summed E-state index contributed by atoms with van der Waals surface area (Å²) in [4.78, 5) is 23.4. The highest BCUT2D eigenvalue weighted by atomic mass is 32.2. The standard InChI is InChI=1S/C12H25N3O2S2Si.C11H19N3O4S2.C6H11N3O2S2.4CH4/c1-11(2,3)20(6,7)15-19(13,17)9-8-14-10(18-9)12(4,5)16;1-10(2,3)18-9(15)14-20(12,17)7-6-13-8(19-7)11(4,5)16;1-6(2,10)5-9-3-4(12-5)13(7,8)11;;;;/h8,16H,1-7H3,(H2,13,15,17);6,16H,1-5H3,(H2,12,14,15,17);3,10H,1-2H3,(H3,7,8,11);4*1H4. The first-order valence-electron chi connectivity index (χ1n) is 15.7. The van der Waals surface area contributed by atoms with Crippen LogP contribution in [0.3, 0.4) is 0 Å². The molecule has 3 atom stereocenters. The number of rotatable bonds is 7. The number of carbonyl (C=O) groups is 1. The Morgan fingerprint density at radius 3 is 1.21 bits per heavy atom. The van der Waals surface area contributed by atoms with Gasteiger partial charge in [0.1, 0.15) is 69.9 Å². The number of carbonyl (C=O) groups excluding carboxylic acids is 1. The normalized spacial score (nSPS) is 15.2. The Balaban J connectivity index is -0.000000365. The second-order valence-electron chi connectivity index (χ2n) is 15.8. The van der Waals surface area contributed by atoms with Crippen LogP contribution in [0.15, 0.2) is 39.6 Å². The van der Waals surface area contributed by atoms with Gasteiger partial charge in [-0.3, -0.25) is 4.03 Å². The molecular weight excluding hydrogens is 871 g/mol. The van der Waals surface area contributed by atoms with Crippen molar-refractivity contribution >= 4 is 78.1 Å². The van der Waals surface area contributed by atoms with Crippen LogP contribution >= 0.6 is 34.0 Å². The number of hydrogen-bond acceptors (Lipinski definition) is 16. The second kappa shape index (κ2) is 21.1. The largest absolute Gasteiger partial charge is 0.443 e. The molecule has 3 heterocycles. The van der Waals surface area contributed by atoms with Crippen molar-refractivity contribution in [3.05, 3.63) is 33.6 Å². The molecule has 0 aliphatic carbocycles. The minimum absolute atomic E-state index is 0. The van der Waals surface area contributed by atoms with E-state index in [9.17, 15) is 32.7 Å². The maximum absolute atomic E-state index is 12.7. The molecule has 3 rings (SSSR count). The molecule has 0 aromatic carbocycles. The molecule has 0 spiro atoms. The first-order valence-corrected chi connectivity index (χ1v) is 25.8. The predicted octanol–water partition coefficient (Wildman–Crippen LogP) is 8.28. The van der Waals surface area contributed by atoms with Gasteiger partial charge in [0, 0.05) is 0 Å². The Bertz CT molecular complexity index is 2100. The molecule has 3 aromatic rings. The zero-order chi connectivity index (χ0) is 42.0. The summed E-state index contributed by atoms with van der Waals surface area (Å²) in [5, 5.41) is 47.1. The quantitative estimate of drug-likeness (QED) is 0.111. The molecule has 3 unspecified atom stereocenters. The lowest BCUT2D eigenvalue weighted by Crippen LogP contribution is -2.37. The van der Waals surface area contributed by atoms with Crippen molar-refractivity contribution < 1.29 is 37.5 Å². The van der Waals surface area contributed by atoms with Gasteiger partial charge < -0.3 is 20.1 Å². The lowest BCUT2D eigenvalue weighted by atomic mass is 10.2. The van der Waals surface area contributed by atoms with Crippen LogP contribution in [-0.4, -0.2) is 62.8 Å². The van der Waals surface area contributed by atoms with Crippen LogP contribution in [0, 0.1) is 4.78 Å². The molecule has 0 aliphatic heterocycles. The van der Waals surface area contributed by atoms with Crippen LogP contribution in [-0.2, 0) is 51.3 Å². The average Bonchev–Trinajstić information content (AvgIpc) is 3.67. The number of nitrogens with one attached hydrogen (secondary N) is 1. The van der Waals surface area contributed by atoms with Gasteiger partial charge in [0.25, 0.3) is 0 Å². The first-order chi connectivity index (χ1) is 23.2. The number of hydrogen-bond donors (Lipinski definition) is 7. The molecule has 0 bridgehead atoms. The summed E-state index contributed by atoms with van der Waals surface area (Å²) >= 11 is 3.11. The highest BCUT2D eigenvalue weighted by Crippen LogP contribution is 2.38. The number of nitrogens with zero attached hydrogens (tertiary/aromatic N) is 5. The van der Waals surface area contributed by atoms with Gasteiger partial charge in [0.05, 0.1) is 18.6 Å². The average molecular weight is 942 g/mol. The SMILES string of the molecule is C.C.C.C.CC(C)(C)OC(=O)N=S(N)(=O)c1cnc(C(C)(C)O)s1.CC(C)(O)c1ncc(S(=N)(N)=O)s1.CC(C)(O)c1ncc(S(N)(=O)=N[Si](C)(C)C(C)(C)C)s1. The summed E-state index contributed by atoms with van der Waals surface area (Å²) in [6.07, 6.45) is 2.99. The fraction of sp³-hybridized carbons (Fsp3) is 0.697. The van der Waals surface area contributed by atoms with Gasteiger partial charge in [0.2, 0.25) is 0 Å². The van der Waals surface area contributed by atoms with E-state index in [1.54, 1.807) is 62.3 Å². The van der Waals surface area contributed by atoms with Gasteiger partial charge in [0.15, 0.2) is 18.2 Å². The van der Waals surface area contributed by atoms with E-state index in [1.165, 1.54) is 18.6 Å². The fourth-order valence-electron chi connectivity index (χ4n) is 2.99. The van der Waals surface area contributed by atoms with Gasteiger partial charge in [-0.05, 0) is 80.4 Å². The van der Waals surface area contributed by atoms with Crippen LogP contribution in [0.4, 0.5) is 4.79 Å². The molecule has 336 valence electrons. The molecule has 1 amide bonds. The van der Waals surface area contributed by atoms with Crippen LogP contribution in [0.25, 0.3) is 0 Å². The third kappa shape index (κ3) is 19.9. The summed E-state index contributed by atoms with van der Waals surface area (Å²) in [5.74, 6) is 0. The maximum atomic E-state index is 12.7. The van der Waals surface area contributed by atoms with Crippen LogP contribution in [0.5, 0.6) is 0 Å². The second-order valence-corrected chi connectivity index (χ2v) is 30.0. The van der Waals surface area contributed by atoms with E-state index in [4.69, 9.17) is 24.9 Å². The summed E-state index contributed by atoms with van der Waals surface area (Å²) in [6.45, 7) is 24.9. The predicted molar refractivity (Wildman–Crippen MR) is 242 cm³/mol. The minimum Gasteiger partial charge on any atom is -0.442 e. The summed E-state index contributed by atoms with van der Waals surface area (Å²) < 4.78 is 56.7. The number of ether oxygens (including phenoxy) is 1. The Hall–Kier alpha value is -1.81. The zero-order valence-corrected chi connectivity index (χ0v) is 38.4. The summed E-state index contributed by atoms with van der Waals surface area (Å²) in [5.41, 5.74) is -4.06. The van der Waals surface area contributed by atoms with Gasteiger partial charge in [-0.2, -0.15) is 0 Å². The van der Waals surface area contributed by atoms with E-state index >= 15 is 0 Å². The van der Waals surface area contributed by atoms with Gasteiger partial charge in [-0.25, -0.2) is 52.6 Å². The zero-order valence-electron chi connectivity index (χ0n) is 32.5. The van der Waals surface area contributed by atoms with Crippen molar-refractivity contribution in [1.29, 1.82) is 4.78 Å². The monoisotopic (exact) mass is 941 g/mol. The van der Waals surface area contributed by atoms with E-state index < -0.39 is 66.5 Å². The number of thiazole rings is 3. The Morgan fingerprint density at radius 2 is 0.965 bits per heavy atom. The Morgan fingerprint density at radius 1 is 0.667 bits per heavy atom. The highest BCUT2D eigenvalue weighted by Gasteiger charge is 2.38. The molecule has 0 saturated carbocycles. The molecule has 10 N–H and O–H groups in total. The molecule has 3 aromatic heterocycles. The number of amides is 1. The molecule has 57 heavy (non-hydrogen) atoms. The molecule has 0 saturated heterocycles. The van der Waals surface area contributed by atoms with Crippen LogP contribution in [0.1, 0.15) is 128 Å². The fourth-order valence-corrected chi connectivity index (χ4v) is 12.7. The topological polar surface area (TPSA) is 304 Å². The smallest absolute Gasteiger partial charge is 0.442 e. The summed E-state index contributed by atoms with van der Waals surface area (Å²) in [6, 6.07) is 0. The van der Waals surface area contributed by atoms with E-state index in [2.05, 4.69) is 57.2 Å². The number of aliphatic hydroxyl groups is 3. The van der Waals surface area contributed by atoms with Gasteiger partial charge in [-0.1, -0.05) is 50.5 Å². The molecule has 24 heteroatoms. The molecule has 0 aliphatic rings. The number of nitrogens with two attached hydrogens (primary N) is 3. The Labute approximate surface area is 356 Å². The van der Waals surface area contributed by atoms with Crippen molar-refractivity contribution in [3.8, 4) is 0 Å². The molecule has 17 nitrogen and oxygen atoms in total. The third-order valence-corrected chi connectivity index (χ3v) is 22.0. The molecule has 0 fully saturated rings. The number of aromatic nitrogens is 3. The third-order valence-electron chi connectivity index (χ3n) is 6.70. The highest BCUT2D eigenvalue weighted by molar-refractivity contribution is 7.94. The lowest BCUT2D eigenvalue weighted by molar-refractivity contribution is 0.0606. The van der Waals surface area contributed by atoms with Crippen molar-refractivity contribution in [2.45, 2.75) is 166 Å². The van der Waals surface area contributed by atoms with Crippen molar-refractivity contribution in [3.63, 3.8) is 0 Å². The van der Waals surface area contributed by atoms with E-state index in [0.29, 0.717) is 19.2 Å². The van der Waals surface area contributed by atoms with Crippen LogP contribution in [0.2, 0.25) is 18.1 Å². The van der Waals surface area contributed by atoms with Gasteiger partial charge >= 0.3 is 6.09 Å². The van der Waals surface area contributed by atoms with Gasteiger partial charge in [-0.15, -0.1) is 38.4 Å². The van der Waals surface area contributed by atoms with Crippen molar-refractivity contribution in [2.75, 3.05) is 0 Å². The maximum Gasteiger partial charge on any atom is 0.443 e. The minimum atomic E-state index is -3.43. The van der Waals surface area contributed by atoms with Crippen molar-refractivity contribution in [1.82, 2.24) is 15.0 Å². The lowest BCUT2D eigenvalue weighted by Gasteiger charge is -2.32. The molecule has 0 radical (unpaired) electrons. The van der Waals surface area contributed by atoms with Crippen LogP contribution < -0.4 is 15.4 Å². The van der Waals surface area contributed by atoms with E-state index in [1.807, 2.05) is 0 Å². The van der Waals surface area contributed by atoms with E-state index in [-0.39, 0.29) is 43.2 Å². The first kappa shape index (κ1) is 61.8. The van der Waals surface area contributed by atoms with Crippen molar-refractivity contribution in [2.24, 2.45) is 23.8 Å². The molecular formula is C33H71N9O8S6Si. The summed E-state index contributed by atoms with van der Waals surface area (Å²) in [7, 11) is -11.7.